The summed E-state index contributed by atoms with van der Waals surface area (Å²) in [6.07, 6.45) is 3.47. The largest absolute Gasteiger partial charge is 0.497 e. The van der Waals surface area contributed by atoms with Crippen LogP contribution in [0.15, 0.2) is 36.7 Å². The molecule has 2 rings (SSSR count). The van der Waals surface area contributed by atoms with Crippen LogP contribution in [0.3, 0.4) is 0 Å². The minimum atomic E-state index is 0.448. The number of ether oxygens (including phenoxy) is 2. The molecule has 0 bridgehead atoms. The minimum Gasteiger partial charge on any atom is -0.497 e. The lowest BCUT2D eigenvalue weighted by molar-refractivity contribution is 0.413. The predicted octanol–water partition coefficient (Wildman–Crippen LogP) is 2.22. The highest BCUT2D eigenvalue weighted by Gasteiger charge is 2.07. The molecule has 0 amide bonds. The number of pyridine rings is 1. The summed E-state index contributed by atoms with van der Waals surface area (Å²) in [5.41, 5.74) is 8.82. The number of nitrogens with zero attached hydrogens (tertiary/aromatic N) is 1. The zero-order valence-corrected chi connectivity index (χ0v) is 10.5. The number of benzene rings is 1. The lowest BCUT2D eigenvalue weighted by Crippen LogP contribution is -2.00. The standard InChI is InChI=1S/C14H16N2O2/c1-17-12-3-4-14(10(5-12)7-15)11-6-13(18-2)9-16-8-11/h3-6,8-9H,7,15H2,1-2H3. The van der Waals surface area contributed by atoms with E-state index in [0.29, 0.717) is 6.54 Å². The van der Waals surface area contributed by atoms with E-state index in [9.17, 15) is 0 Å². The van der Waals surface area contributed by atoms with E-state index in [-0.39, 0.29) is 0 Å². The molecule has 0 saturated carbocycles. The number of hydrogen-bond donors (Lipinski definition) is 1. The molecule has 1 heterocycles. The second kappa shape index (κ2) is 5.51. The molecule has 0 saturated heterocycles. The third-order valence-corrected chi connectivity index (χ3v) is 2.79. The molecular formula is C14H16N2O2. The Kier molecular flexibility index (Phi) is 3.79. The van der Waals surface area contributed by atoms with Crippen molar-refractivity contribution in [2.24, 2.45) is 5.73 Å². The normalized spacial score (nSPS) is 10.2. The van der Waals surface area contributed by atoms with Gasteiger partial charge in [-0.15, -0.1) is 0 Å². The Labute approximate surface area is 106 Å². The van der Waals surface area contributed by atoms with Crippen LogP contribution < -0.4 is 15.2 Å². The predicted molar refractivity (Wildman–Crippen MR) is 70.7 cm³/mol. The van der Waals surface area contributed by atoms with E-state index in [2.05, 4.69) is 4.98 Å². The molecule has 0 spiro atoms. The maximum absolute atomic E-state index is 5.77. The molecule has 4 heteroatoms. The Balaban J connectivity index is 2.48. The van der Waals surface area contributed by atoms with Crippen LogP contribution in [-0.4, -0.2) is 19.2 Å². The first-order chi connectivity index (χ1) is 8.78. The van der Waals surface area contributed by atoms with Gasteiger partial charge in [0.2, 0.25) is 0 Å². The highest BCUT2D eigenvalue weighted by atomic mass is 16.5. The van der Waals surface area contributed by atoms with Crippen molar-refractivity contribution in [3.8, 4) is 22.6 Å². The van der Waals surface area contributed by atoms with Gasteiger partial charge in [0.25, 0.3) is 0 Å². The molecular weight excluding hydrogens is 228 g/mol. The molecule has 1 aromatic carbocycles. The second-order valence-electron chi connectivity index (χ2n) is 3.84. The number of methoxy groups -OCH3 is 2. The van der Waals surface area contributed by atoms with Crippen LogP contribution >= 0.6 is 0 Å². The molecule has 2 N–H and O–H groups in total. The Bertz CT molecular complexity index is 541. The van der Waals surface area contributed by atoms with E-state index < -0.39 is 0 Å². The highest BCUT2D eigenvalue weighted by molar-refractivity contribution is 5.68. The fourth-order valence-electron chi connectivity index (χ4n) is 1.83. The number of nitrogens with two attached hydrogens (primary N) is 1. The fraction of sp³-hybridized carbons (Fsp3) is 0.214. The van der Waals surface area contributed by atoms with Gasteiger partial charge in [0.1, 0.15) is 11.5 Å². The summed E-state index contributed by atoms with van der Waals surface area (Å²) in [7, 11) is 3.26. The Morgan fingerprint density at radius 1 is 1.06 bits per heavy atom. The van der Waals surface area contributed by atoms with Crippen LogP contribution in [0.1, 0.15) is 5.56 Å². The zero-order valence-electron chi connectivity index (χ0n) is 10.5. The summed E-state index contributed by atoms with van der Waals surface area (Å²) in [5.74, 6) is 1.53. The third-order valence-electron chi connectivity index (χ3n) is 2.79. The van der Waals surface area contributed by atoms with Gasteiger partial charge in [0.05, 0.1) is 20.4 Å². The maximum atomic E-state index is 5.77. The van der Waals surface area contributed by atoms with Gasteiger partial charge in [-0.3, -0.25) is 4.98 Å². The van der Waals surface area contributed by atoms with Crippen LogP contribution in [0.4, 0.5) is 0 Å². The lowest BCUT2D eigenvalue weighted by atomic mass is 10.0. The quantitative estimate of drug-likeness (QED) is 0.896. The average molecular weight is 244 g/mol. The highest BCUT2D eigenvalue weighted by Crippen LogP contribution is 2.28. The van der Waals surface area contributed by atoms with Crippen LogP contribution in [-0.2, 0) is 6.54 Å². The molecule has 2 aromatic rings. The summed E-state index contributed by atoms with van der Waals surface area (Å²) in [6.45, 7) is 0.448. The summed E-state index contributed by atoms with van der Waals surface area (Å²) in [4.78, 5) is 4.15. The van der Waals surface area contributed by atoms with E-state index in [4.69, 9.17) is 15.2 Å². The van der Waals surface area contributed by atoms with E-state index in [0.717, 1.165) is 28.2 Å². The molecule has 0 atom stereocenters. The van der Waals surface area contributed by atoms with Crippen LogP contribution in [0.5, 0.6) is 11.5 Å². The van der Waals surface area contributed by atoms with Crippen molar-refractivity contribution in [1.29, 1.82) is 0 Å². The molecule has 0 radical (unpaired) electrons. The molecule has 0 aliphatic rings. The van der Waals surface area contributed by atoms with Gasteiger partial charge in [-0.25, -0.2) is 0 Å². The maximum Gasteiger partial charge on any atom is 0.137 e. The van der Waals surface area contributed by atoms with Gasteiger partial charge in [-0.1, -0.05) is 6.07 Å². The first-order valence-electron chi connectivity index (χ1n) is 5.65. The van der Waals surface area contributed by atoms with Gasteiger partial charge in [-0.05, 0) is 29.3 Å². The molecule has 0 fully saturated rings. The first kappa shape index (κ1) is 12.4. The SMILES string of the molecule is COc1cncc(-c2ccc(OC)cc2CN)c1. The van der Waals surface area contributed by atoms with Crippen molar-refractivity contribution in [2.45, 2.75) is 6.54 Å². The molecule has 18 heavy (non-hydrogen) atoms. The van der Waals surface area contributed by atoms with Crippen molar-refractivity contribution in [3.63, 3.8) is 0 Å². The zero-order chi connectivity index (χ0) is 13.0. The van der Waals surface area contributed by atoms with Crippen molar-refractivity contribution in [2.75, 3.05) is 14.2 Å². The number of rotatable bonds is 4. The summed E-state index contributed by atoms with van der Waals surface area (Å²) >= 11 is 0. The van der Waals surface area contributed by atoms with Gasteiger partial charge in [0, 0.05) is 18.3 Å². The lowest BCUT2D eigenvalue weighted by Gasteiger charge is -2.10. The topological polar surface area (TPSA) is 57.4 Å². The molecule has 4 nitrogen and oxygen atoms in total. The Morgan fingerprint density at radius 3 is 2.50 bits per heavy atom. The van der Waals surface area contributed by atoms with Crippen LogP contribution in [0.25, 0.3) is 11.1 Å². The van der Waals surface area contributed by atoms with Crippen molar-refractivity contribution < 1.29 is 9.47 Å². The van der Waals surface area contributed by atoms with Crippen molar-refractivity contribution in [1.82, 2.24) is 4.98 Å². The van der Waals surface area contributed by atoms with Crippen molar-refractivity contribution >= 4 is 0 Å². The number of hydrogen-bond acceptors (Lipinski definition) is 4. The minimum absolute atomic E-state index is 0.448. The van der Waals surface area contributed by atoms with Crippen molar-refractivity contribution in [3.05, 3.63) is 42.2 Å². The van der Waals surface area contributed by atoms with Gasteiger partial charge < -0.3 is 15.2 Å². The summed E-state index contributed by atoms with van der Waals surface area (Å²) < 4.78 is 10.4. The van der Waals surface area contributed by atoms with Gasteiger partial charge in [0.15, 0.2) is 0 Å². The molecule has 0 aliphatic heterocycles. The third kappa shape index (κ3) is 2.43. The second-order valence-corrected chi connectivity index (χ2v) is 3.84. The molecule has 94 valence electrons. The monoisotopic (exact) mass is 244 g/mol. The first-order valence-corrected chi connectivity index (χ1v) is 5.65. The average Bonchev–Trinajstić information content (AvgIpc) is 2.46. The van der Waals surface area contributed by atoms with Crippen LogP contribution in [0.2, 0.25) is 0 Å². The summed E-state index contributed by atoms with van der Waals surface area (Å²) in [6, 6.07) is 7.77. The van der Waals surface area contributed by atoms with Crippen LogP contribution in [0, 0.1) is 0 Å². The van der Waals surface area contributed by atoms with E-state index in [1.807, 2.05) is 24.3 Å². The Hall–Kier alpha value is -2.07. The molecule has 0 aliphatic carbocycles. The van der Waals surface area contributed by atoms with E-state index in [1.165, 1.54) is 0 Å². The smallest absolute Gasteiger partial charge is 0.137 e. The van der Waals surface area contributed by atoms with E-state index in [1.54, 1.807) is 26.6 Å². The fourth-order valence-corrected chi connectivity index (χ4v) is 1.83. The van der Waals surface area contributed by atoms with E-state index >= 15 is 0 Å². The number of aromatic nitrogens is 1. The Morgan fingerprint density at radius 2 is 1.83 bits per heavy atom. The molecule has 1 aromatic heterocycles. The molecule has 0 unspecified atom stereocenters. The van der Waals surface area contributed by atoms with Gasteiger partial charge in [-0.2, -0.15) is 0 Å². The van der Waals surface area contributed by atoms with Gasteiger partial charge >= 0.3 is 0 Å². The summed E-state index contributed by atoms with van der Waals surface area (Å²) in [5, 5.41) is 0.